The van der Waals surface area contributed by atoms with E-state index >= 15 is 0 Å². The number of nitrogens with zero attached hydrogens (tertiary/aromatic N) is 1. The number of nitrogens with one attached hydrogen (secondary N) is 1. The summed E-state index contributed by atoms with van der Waals surface area (Å²) in [5.74, 6) is 0.577. The molecule has 0 saturated carbocycles. The fraction of sp³-hybridized carbons (Fsp3) is 0.900. The highest BCUT2D eigenvalue weighted by atomic mass is 16.5. The third-order valence-corrected chi connectivity index (χ3v) is 2.51. The molecule has 4 heteroatoms. The maximum atomic E-state index is 11.5. The van der Waals surface area contributed by atoms with Crippen molar-refractivity contribution in [2.24, 2.45) is 5.92 Å². The summed E-state index contributed by atoms with van der Waals surface area (Å²) in [6.45, 7) is 8.86. The third-order valence-electron chi connectivity index (χ3n) is 2.51. The fourth-order valence-corrected chi connectivity index (χ4v) is 1.47. The Balaban J connectivity index is 2.56. The molecule has 14 heavy (non-hydrogen) atoms. The molecule has 0 unspecified atom stereocenters. The van der Waals surface area contributed by atoms with Gasteiger partial charge in [-0.05, 0) is 20.8 Å². The lowest BCUT2D eigenvalue weighted by Crippen LogP contribution is -2.54. The van der Waals surface area contributed by atoms with Gasteiger partial charge in [0.15, 0.2) is 0 Å². The highest BCUT2D eigenvalue weighted by molar-refractivity contribution is 5.68. The Labute approximate surface area is 85.6 Å². The van der Waals surface area contributed by atoms with E-state index in [0.29, 0.717) is 5.92 Å². The van der Waals surface area contributed by atoms with Gasteiger partial charge in [-0.2, -0.15) is 0 Å². The van der Waals surface area contributed by atoms with Crippen LogP contribution in [-0.4, -0.2) is 43.3 Å². The van der Waals surface area contributed by atoms with E-state index in [0.717, 1.165) is 19.6 Å². The first-order valence-electron chi connectivity index (χ1n) is 5.01. The quantitative estimate of drug-likeness (QED) is 0.725. The van der Waals surface area contributed by atoms with E-state index in [1.807, 2.05) is 20.8 Å². The van der Waals surface area contributed by atoms with Crippen LogP contribution in [0, 0.1) is 5.92 Å². The molecular weight excluding hydrogens is 180 g/mol. The average molecular weight is 200 g/mol. The maximum absolute atomic E-state index is 11.5. The first-order chi connectivity index (χ1) is 6.45. The number of ether oxygens (including phenoxy) is 1. The summed E-state index contributed by atoms with van der Waals surface area (Å²) in [6, 6.07) is 0. The molecule has 0 aromatic heterocycles. The predicted octanol–water partition coefficient (Wildman–Crippen LogP) is 1.07. The van der Waals surface area contributed by atoms with Gasteiger partial charge in [0.05, 0.1) is 7.11 Å². The van der Waals surface area contributed by atoms with Crippen molar-refractivity contribution in [3.63, 3.8) is 0 Å². The molecule has 0 atom stereocenters. The normalized spacial score (nSPS) is 17.4. The summed E-state index contributed by atoms with van der Waals surface area (Å²) in [5, 5.41) is 3.20. The second-order valence-corrected chi connectivity index (χ2v) is 4.78. The Morgan fingerprint density at radius 1 is 1.50 bits per heavy atom. The lowest BCUT2D eigenvalue weighted by Gasteiger charge is -2.39. The molecule has 1 heterocycles. The number of carbonyl (C=O) groups excluding carboxylic acids is 1. The molecule has 1 N–H and O–H groups in total. The second kappa shape index (κ2) is 4.17. The zero-order valence-corrected chi connectivity index (χ0v) is 9.46. The molecule has 0 spiro atoms. The predicted molar refractivity (Wildman–Crippen MR) is 55.2 cm³/mol. The van der Waals surface area contributed by atoms with Crippen LogP contribution in [-0.2, 0) is 4.74 Å². The number of amides is 1. The monoisotopic (exact) mass is 200 g/mol. The summed E-state index contributed by atoms with van der Waals surface area (Å²) in [4.78, 5) is 13.3. The first kappa shape index (κ1) is 11.3. The van der Waals surface area contributed by atoms with Gasteiger partial charge in [0.1, 0.15) is 0 Å². The minimum Gasteiger partial charge on any atom is -0.453 e. The Hall–Kier alpha value is -0.770. The first-order valence-corrected chi connectivity index (χ1v) is 5.01. The zero-order chi connectivity index (χ0) is 10.8. The van der Waals surface area contributed by atoms with E-state index in [1.54, 1.807) is 4.90 Å². The summed E-state index contributed by atoms with van der Waals surface area (Å²) < 4.78 is 4.77. The Morgan fingerprint density at radius 3 is 2.36 bits per heavy atom. The minimum atomic E-state index is -0.232. The van der Waals surface area contributed by atoms with E-state index in [9.17, 15) is 4.79 Å². The number of hydrogen-bond donors (Lipinski definition) is 1. The van der Waals surface area contributed by atoms with Crippen molar-refractivity contribution in [2.75, 3.05) is 26.7 Å². The highest BCUT2D eigenvalue weighted by Crippen LogP contribution is 2.18. The van der Waals surface area contributed by atoms with Gasteiger partial charge in [0.25, 0.3) is 0 Å². The summed E-state index contributed by atoms with van der Waals surface area (Å²) in [7, 11) is 1.43. The second-order valence-electron chi connectivity index (χ2n) is 4.78. The van der Waals surface area contributed by atoms with Gasteiger partial charge < -0.3 is 15.0 Å². The van der Waals surface area contributed by atoms with Crippen molar-refractivity contribution in [2.45, 2.75) is 26.3 Å². The van der Waals surface area contributed by atoms with Crippen molar-refractivity contribution >= 4 is 6.09 Å². The maximum Gasteiger partial charge on any atom is 0.409 e. The van der Waals surface area contributed by atoms with Crippen molar-refractivity contribution in [3.05, 3.63) is 0 Å². The van der Waals surface area contributed by atoms with Crippen LogP contribution in [0.4, 0.5) is 4.79 Å². The summed E-state index contributed by atoms with van der Waals surface area (Å²) in [6.07, 6.45) is -0.232. The molecule has 1 aliphatic heterocycles. The molecule has 82 valence electrons. The van der Waals surface area contributed by atoms with Gasteiger partial charge in [-0.1, -0.05) is 0 Å². The molecule has 0 radical (unpaired) electrons. The van der Waals surface area contributed by atoms with Gasteiger partial charge in [0, 0.05) is 31.1 Å². The standard InChI is InChI=1S/C10H20N2O2/c1-10(2,3)12(9(13)14-4)7-8-5-11-6-8/h8,11H,5-7H2,1-4H3. The molecule has 1 aliphatic rings. The van der Waals surface area contributed by atoms with Crippen LogP contribution in [0.15, 0.2) is 0 Å². The largest absolute Gasteiger partial charge is 0.453 e. The van der Waals surface area contributed by atoms with Crippen LogP contribution in [0.2, 0.25) is 0 Å². The Morgan fingerprint density at radius 2 is 2.07 bits per heavy atom. The highest BCUT2D eigenvalue weighted by Gasteiger charge is 2.31. The molecule has 1 amide bonds. The van der Waals surface area contributed by atoms with E-state index in [2.05, 4.69) is 5.32 Å². The lowest BCUT2D eigenvalue weighted by atomic mass is 9.99. The molecular formula is C10H20N2O2. The fourth-order valence-electron chi connectivity index (χ4n) is 1.47. The molecule has 0 aromatic rings. The van der Waals surface area contributed by atoms with Crippen molar-refractivity contribution < 1.29 is 9.53 Å². The van der Waals surface area contributed by atoms with Crippen LogP contribution in [0.1, 0.15) is 20.8 Å². The lowest BCUT2D eigenvalue weighted by molar-refractivity contribution is 0.0671. The van der Waals surface area contributed by atoms with E-state index in [4.69, 9.17) is 4.74 Å². The van der Waals surface area contributed by atoms with Gasteiger partial charge in [-0.25, -0.2) is 4.79 Å². The zero-order valence-electron chi connectivity index (χ0n) is 9.46. The van der Waals surface area contributed by atoms with Gasteiger partial charge in [-0.15, -0.1) is 0 Å². The van der Waals surface area contributed by atoms with Gasteiger partial charge >= 0.3 is 6.09 Å². The summed E-state index contributed by atoms with van der Waals surface area (Å²) in [5.41, 5.74) is -0.164. The van der Waals surface area contributed by atoms with Crippen molar-refractivity contribution in [1.82, 2.24) is 10.2 Å². The van der Waals surface area contributed by atoms with E-state index in [-0.39, 0.29) is 11.6 Å². The number of carbonyl (C=O) groups is 1. The van der Waals surface area contributed by atoms with Gasteiger partial charge in [-0.3, -0.25) is 0 Å². The topological polar surface area (TPSA) is 41.6 Å². The molecule has 0 aliphatic carbocycles. The van der Waals surface area contributed by atoms with Crippen LogP contribution < -0.4 is 5.32 Å². The molecule has 4 nitrogen and oxygen atoms in total. The smallest absolute Gasteiger partial charge is 0.409 e. The van der Waals surface area contributed by atoms with Crippen LogP contribution in [0.25, 0.3) is 0 Å². The minimum absolute atomic E-state index is 0.164. The van der Waals surface area contributed by atoms with Crippen LogP contribution in [0.3, 0.4) is 0 Å². The summed E-state index contributed by atoms with van der Waals surface area (Å²) >= 11 is 0. The van der Waals surface area contributed by atoms with Crippen molar-refractivity contribution in [3.8, 4) is 0 Å². The third kappa shape index (κ3) is 2.61. The Kier molecular flexibility index (Phi) is 3.37. The average Bonchev–Trinajstić information content (AvgIpc) is 1.98. The molecule has 0 aromatic carbocycles. The van der Waals surface area contributed by atoms with Crippen molar-refractivity contribution in [1.29, 1.82) is 0 Å². The molecule has 1 rings (SSSR count). The van der Waals surface area contributed by atoms with E-state index in [1.165, 1.54) is 7.11 Å². The molecule has 0 bridgehead atoms. The SMILES string of the molecule is COC(=O)N(CC1CNC1)C(C)(C)C. The molecule has 1 saturated heterocycles. The van der Waals surface area contributed by atoms with Crippen LogP contribution in [0.5, 0.6) is 0 Å². The van der Waals surface area contributed by atoms with E-state index < -0.39 is 0 Å². The Bertz CT molecular complexity index is 207. The van der Waals surface area contributed by atoms with Crippen LogP contribution >= 0.6 is 0 Å². The number of rotatable bonds is 2. The molecule has 1 fully saturated rings. The number of hydrogen-bond acceptors (Lipinski definition) is 3. The number of methoxy groups -OCH3 is 1. The van der Waals surface area contributed by atoms with Gasteiger partial charge in [0.2, 0.25) is 0 Å².